The van der Waals surface area contributed by atoms with Crippen LogP contribution in [0.5, 0.6) is 0 Å². The second-order valence-electron chi connectivity index (χ2n) is 8.57. The quantitative estimate of drug-likeness (QED) is 0.0951. The van der Waals surface area contributed by atoms with Gasteiger partial charge in [0.05, 0.1) is 6.61 Å². The largest absolute Gasteiger partial charge is 0.463 e. The maximum absolute atomic E-state index is 11.3. The van der Waals surface area contributed by atoms with E-state index in [1.54, 1.807) is 6.08 Å². The zero-order chi connectivity index (χ0) is 23.1. The Morgan fingerprint density at radius 3 is 1.94 bits per heavy atom. The van der Waals surface area contributed by atoms with Gasteiger partial charge >= 0.3 is 5.97 Å². The zero-order valence-electron chi connectivity index (χ0n) is 20.7. The van der Waals surface area contributed by atoms with Gasteiger partial charge in [-0.05, 0) is 62.8 Å². The normalized spacial score (nSPS) is 11.4. The monoisotopic (exact) mass is 441 g/mol. The number of carbonyl (C=O) groups is 1. The summed E-state index contributed by atoms with van der Waals surface area (Å²) < 4.78 is 4.89. The summed E-state index contributed by atoms with van der Waals surface area (Å²) in [5, 5.41) is 3.48. The number of allylic oxidation sites excluding steroid dienone is 2. The van der Waals surface area contributed by atoms with Crippen molar-refractivity contribution in [3.05, 3.63) is 48.1 Å². The zero-order valence-corrected chi connectivity index (χ0v) is 20.7. The fraction of sp³-hybridized carbons (Fsp3) is 0.621. The van der Waals surface area contributed by atoms with Gasteiger partial charge in [0.2, 0.25) is 0 Å². The molecule has 0 fully saturated rings. The van der Waals surface area contributed by atoms with E-state index in [4.69, 9.17) is 4.74 Å². The molecule has 0 aliphatic carbocycles. The standard InChI is InChI=1S/C29H47NO2/c1-3-5-6-7-8-9-10-11-12-13-14-15-16-17-18-19-26-30-28-23-20-27(21-24-28)22-25-29(31)32-4-2/h11-12,20-25,30H,3-10,13-19,26H2,1-2H3. The Morgan fingerprint density at radius 2 is 1.34 bits per heavy atom. The number of ether oxygens (including phenoxy) is 1. The highest BCUT2D eigenvalue weighted by molar-refractivity contribution is 5.87. The van der Waals surface area contributed by atoms with E-state index in [9.17, 15) is 4.79 Å². The molecule has 0 heterocycles. The van der Waals surface area contributed by atoms with Crippen LogP contribution in [0.1, 0.15) is 109 Å². The molecule has 32 heavy (non-hydrogen) atoms. The van der Waals surface area contributed by atoms with E-state index in [-0.39, 0.29) is 5.97 Å². The minimum atomic E-state index is -0.297. The summed E-state index contributed by atoms with van der Waals surface area (Å²) in [5.41, 5.74) is 2.13. The first-order valence-corrected chi connectivity index (χ1v) is 13.1. The smallest absolute Gasteiger partial charge is 0.330 e. The van der Waals surface area contributed by atoms with Gasteiger partial charge in [0, 0.05) is 18.3 Å². The van der Waals surface area contributed by atoms with Gasteiger partial charge in [-0.1, -0.05) is 89.0 Å². The highest BCUT2D eigenvalue weighted by atomic mass is 16.5. The second kappa shape index (κ2) is 20.8. The third-order valence-corrected chi connectivity index (χ3v) is 5.63. The number of nitrogens with one attached hydrogen (secondary N) is 1. The number of rotatable bonds is 20. The Hall–Kier alpha value is -2.03. The molecular weight excluding hydrogens is 394 g/mol. The van der Waals surface area contributed by atoms with E-state index >= 15 is 0 Å². The molecule has 1 aromatic rings. The average Bonchev–Trinajstić information content (AvgIpc) is 2.80. The Morgan fingerprint density at radius 1 is 0.781 bits per heavy atom. The van der Waals surface area contributed by atoms with Crippen molar-refractivity contribution in [1.29, 1.82) is 0 Å². The molecule has 180 valence electrons. The van der Waals surface area contributed by atoms with Gasteiger partial charge in [-0.15, -0.1) is 0 Å². The van der Waals surface area contributed by atoms with Crippen LogP contribution in [0.3, 0.4) is 0 Å². The molecule has 0 unspecified atom stereocenters. The molecular formula is C29H47NO2. The molecule has 1 rings (SSSR count). The Bertz CT molecular complexity index is 619. The van der Waals surface area contributed by atoms with Crippen LogP contribution in [0.4, 0.5) is 5.69 Å². The van der Waals surface area contributed by atoms with Gasteiger partial charge in [-0.2, -0.15) is 0 Å². The van der Waals surface area contributed by atoms with E-state index < -0.39 is 0 Å². The maximum atomic E-state index is 11.3. The van der Waals surface area contributed by atoms with Gasteiger partial charge in [0.1, 0.15) is 0 Å². The summed E-state index contributed by atoms with van der Waals surface area (Å²) in [6, 6.07) is 8.15. The van der Waals surface area contributed by atoms with Crippen LogP contribution in [0.2, 0.25) is 0 Å². The third kappa shape index (κ3) is 16.6. The van der Waals surface area contributed by atoms with Crippen molar-refractivity contribution in [3.63, 3.8) is 0 Å². The number of unbranched alkanes of at least 4 members (excludes halogenated alkanes) is 12. The molecule has 0 aromatic heterocycles. The lowest BCUT2D eigenvalue weighted by molar-refractivity contribution is -0.137. The molecule has 3 heteroatoms. The average molecular weight is 442 g/mol. The minimum Gasteiger partial charge on any atom is -0.463 e. The van der Waals surface area contributed by atoms with Gasteiger partial charge in [-0.3, -0.25) is 0 Å². The topological polar surface area (TPSA) is 38.3 Å². The predicted octanol–water partition coefficient (Wildman–Crippen LogP) is 8.71. The van der Waals surface area contributed by atoms with Crippen molar-refractivity contribution in [2.24, 2.45) is 0 Å². The highest BCUT2D eigenvalue weighted by Gasteiger charge is 1.96. The lowest BCUT2D eigenvalue weighted by Crippen LogP contribution is -2.01. The molecule has 0 aliphatic rings. The Balaban J connectivity index is 1.92. The number of hydrogen-bond acceptors (Lipinski definition) is 3. The first-order valence-electron chi connectivity index (χ1n) is 13.1. The van der Waals surface area contributed by atoms with Crippen molar-refractivity contribution in [2.45, 2.75) is 104 Å². The summed E-state index contributed by atoms with van der Waals surface area (Å²) in [6.45, 7) is 5.50. The predicted molar refractivity (Wildman–Crippen MR) is 140 cm³/mol. The summed E-state index contributed by atoms with van der Waals surface area (Å²) in [5.74, 6) is -0.297. The van der Waals surface area contributed by atoms with Crippen molar-refractivity contribution in [1.82, 2.24) is 0 Å². The number of esters is 1. The molecule has 0 aliphatic heterocycles. The van der Waals surface area contributed by atoms with Crippen LogP contribution < -0.4 is 5.32 Å². The van der Waals surface area contributed by atoms with Crippen molar-refractivity contribution >= 4 is 17.7 Å². The highest BCUT2D eigenvalue weighted by Crippen LogP contribution is 2.13. The van der Waals surface area contributed by atoms with Gasteiger partial charge in [-0.25, -0.2) is 4.79 Å². The maximum Gasteiger partial charge on any atom is 0.330 e. The van der Waals surface area contributed by atoms with Gasteiger partial charge in [0.25, 0.3) is 0 Å². The fourth-order valence-corrected chi connectivity index (χ4v) is 3.67. The molecule has 0 spiro atoms. The second-order valence-corrected chi connectivity index (χ2v) is 8.57. The first kappa shape index (κ1) is 28.0. The summed E-state index contributed by atoms with van der Waals surface area (Å²) in [6.07, 6.45) is 26.8. The molecule has 0 saturated carbocycles. The number of anilines is 1. The number of carbonyl (C=O) groups excluding carboxylic acids is 1. The van der Waals surface area contributed by atoms with Crippen molar-refractivity contribution in [2.75, 3.05) is 18.5 Å². The van der Waals surface area contributed by atoms with Crippen LogP contribution in [0.25, 0.3) is 6.08 Å². The van der Waals surface area contributed by atoms with Gasteiger partial charge in [0.15, 0.2) is 0 Å². The number of hydrogen-bond donors (Lipinski definition) is 1. The van der Waals surface area contributed by atoms with Crippen LogP contribution in [0.15, 0.2) is 42.5 Å². The molecule has 1 aromatic carbocycles. The van der Waals surface area contributed by atoms with E-state index in [0.717, 1.165) is 17.8 Å². The van der Waals surface area contributed by atoms with E-state index in [2.05, 4.69) is 36.5 Å². The van der Waals surface area contributed by atoms with E-state index in [0.29, 0.717) is 6.61 Å². The lowest BCUT2D eigenvalue weighted by Gasteiger charge is -2.07. The number of benzene rings is 1. The van der Waals surface area contributed by atoms with Crippen LogP contribution in [-0.4, -0.2) is 19.1 Å². The summed E-state index contributed by atoms with van der Waals surface area (Å²) >= 11 is 0. The lowest BCUT2D eigenvalue weighted by atomic mass is 10.1. The van der Waals surface area contributed by atoms with Crippen molar-refractivity contribution in [3.8, 4) is 0 Å². The SMILES string of the molecule is CCCCCCCCC=CCCCCCCCCNc1ccc(C=CC(=O)OCC)cc1. The van der Waals surface area contributed by atoms with Crippen molar-refractivity contribution < 1.29 is 9.53 Å². The minimum absolute atomic E-state index is 0.297. The van der Waals surface area contributed by atoms with Crippen LogP contribution in [0, 0.1) is 0 Å². The van der Waals surface area contributed by atoms with Gasteiger partial charge < -0.3 is 10.1 Å². The first-order chi connectivity index (χ1) is 15.8. The molecule has 0 saturated heterocycles. The molecule has 0 bridgehead atoms. The third-order valence-electron chi connectivity index (χ3n) is 5.63. The fourth-order valence-electron chi connectivity index (χ4n) is 3.67. The molecule has 0 radical (unpaired) electrons. The Kier molecular flexibility index (Phi) is 18.2. The Labute approximate surface area is 197 Å². The molecule has 3 nitrogen and oxygen atoms in total. The van der Waals surface area contributed by atoms with E-state index in [1.165, 1.54) is 96.0 Å². The van der Waals surface area contributed by atoms with E-state index in [1.807, 2.05) is 19.1 Å². The summed E-state index contributed by atoms with van der Waals surface area (Å²) in [4.78, 5) is 11.3. The van der Waals surface area contributed by atoms with Crippen LogP contribution in [-0.2, 0) is 9.53 Å². The molecule has 0 atom stereocenters. The van der Waals surface area contributed by atoms with Crippen LogP contribution >= 0.6 is 0 Å². The summed E-state index contributed by atoms with van der Waals surface area (Å²) in [7, 11) is 0. The molecule has 0 amide bonds. The molecule has 1 N–H and O–H groups in total.